The fourth-order valence-corrected chi connectivity index (χ4v) is 2.75. The molecule has 0 heterocycles. The summed E-state index contributed by atoms with van der Waals surface area (Å²) in [6.45, 7) is 1.15. The molecule has 26 heavy (non-hydrogen) atoms. The van der Waals surface area contributed by atoms with E-state index in [1.165, 1.54) is 12.1 Å². The van der Waals surface area contributed by atoms with Gasteiger partial charge in [0.25, 0.3) is 0 Å². The lowest BCUT2D eigenvalue weighted by molar-refractivity contribution is 0.415. The maximum absolute atomic E-state index is 13.2. The largest absolute Gasteiger partial charge is 0.497 e. The van der Waals surface area contributed by atoms with Crippen LogP contribution in [0.5, 0.6) is 5.75 Å². The van der Waals surface area contributed by atoms with Crippen LogP contribution < -0.4 is 15.4 Å². The topological polar surface area (TPSA) is 45.7 Å². The van der Waals surface area contributed by atoms with Gasteiger partial charge in [0, 0.05) is 20.1 Å². The van der Waals surface area contributed by atoms with Gasteiger partial charge in [-0.1, -0.05) is 30.3 Å². The summed E-state index contributed by atoms with van der Waals surface area (Å²) in [4.78, 5) is 4.21. The molecule has 5 heteroatoms. The summed E-state index contributed by atoms with van der Waals surface area (Å²) >= 11 is 0. The molecule has 0 saturated heterocycles. The Labute approximate surface area is 152 Å². The maximum Gasteiger partial charge on any atom is 0.191 e. The summed E-state index contributed by atoms with van der Waals surface area (Å²) in [5, 5.41) is 8.77. The van der Waals surface area contributed by atoms with Gasteiger partial charge >= 0.3 is 0 Å². The molecule has 0 aliphatic rings. The molecule has 3 aromatic carbocycles. The van der Waals surface area contributed by atoms with Crippen LogP contribution in [0.1, 0.15) is 11.1 Å². The molecule has 134 valence electrons. The van der Waals surface area contributed by atoms with Crippen molar-refractivity contribution in [2.24, 2.45) is 4.99 Å². The molecule has 0 aromatic heterocycles. The van der Waals surface area contributed by atoms with Crippen molar-refractivity contribution in [1.82, 2.24) is 10.6 Å². The first-order valence-electron chi connectivity index (χ1n) is 8.43. The van der Waals surface area contributed by atoms with Crippen LogP contribution >= 0.6 is 0 Å². The molecule has 0 bridgehead atoms. The molecule has 0 saturated carbocycles. The van der Waals surface area contributed by atoms with E-state index < -0.39 is 0 Å². The molecular formula is C21H22FN3O. The van der Waals surface area contributed by atoms with Crippen molar-refractivity contribution < 1.29 is 9.13 Å². The second-order valence-electron chi connectivity index (χ2n) is 5.96. The third-order valence-electron chi connectivity index (χ3n) is 4.14. The van der Waals surface area contributed by atoms with Crippen LogP contribution in [-0.4, -0.2) is 20.1 Å². The van der Waals surface area contributed by atoms with Crippen LogP contribution in [0.15, 0.2) is 65.7 Å². The Hall–Kier alpha value is -3.08. The number of rotatable bonds is 5. The van der Waals surface area contributed by atoms with E-state index in [1.807, 2.05) is 18.2 Å². The lowest BCUT2D eigenvalue weighted by Gasteiger charge is -2.12. The zero-order valence-corrected chi connectivity index (χ0v) is 14.9. The van der Waals surface area contributed by atoms with Gasteiger partial charge < -0.3 is 15.4 Å². The number of nitrogens with one attached hydrogen (secondary N) is 2. The maximum atomic E-state index is 13.2. The molecule has 0 aliphatic carbocycles. The van der Waals surface area contributed by atoms with E-state index in [2.05, 4.69) is 39.9 Å². The Bertz CT molecular complexity index is 924. The number of nitrogens with zero attached hydrogens (tertiary/aromatic N) is 1. The molecule has 3 rings (SSSR count). The second kappa shape index (κ2) is 8.34. The molecule has 0 aliphatic heterocycles. The first kappa shape index (κ1) is 17.7. The summed E-state index contributed by atoms with van der Waals surface area (Å²) in [6, 6.07) is 18.9. The first-order valence-corrected chi connectivity index (χ1v) is 8.43. The Balaban J connectivity index is 1.60. The van der Waals surface area contributed by atoms with Crippen LogP contribution in [0.2, 0.25) is 0 Å². The summed E-state index contributed by atoms with van der Waals surface area (Å²) < 4.78 is 18.5. The number of benzene rings is 3. The number of hydrogen-bond donors (Lipinski definition) is 2. The third kappa shape index (κ3) is 4.51. The number of halogens is 1. The van der Waals surface area contributed by atoms with E-state index in [-0.39, 0.29) is 5.82 Å². The van der Waals surface area contributed by atoms with Gasteiger partial charge in [-0.15, -0.1) is 0 Å². The Morgan fingerprint density at radius 3 is 2.31 bits per heavy atom. The molecule has 0 amide bonds. The van der Waals surface area contributed by atoms with E-state index in [4.69, 9.17) is 4.74 Å². The average molecular weight is 351 g/mol. The average Bonchev–Trinajstić information content (AvgIpc) is 2.67. The van der Waals surface area contributed by atoms with Crippen molar-refractivity contribution in [3.05, 3.63) is 77.6 Å². The van der Waals surface area contributed by atoms with Crippen molar-refractivity contribution in [2.75, 3.05) is 14.2 Å². The zero-order valence-electron chi connectivity index (χ0n) is 14.9. The minimum absolute atomic E-state index is 0.236. The lowest BCUT2D eigenvalue weighted by Crippen LogP contribution is -2.36. The van der Waals surface area contributed by atoms with E-state index in [1.54, 1.807) is 20.2 Å². The van der Waals surface area contributed by atoms with Crippen molar-refractivity contribution in [1.29, 1.82) is 0 Å². The minimum atomic E-state index is -0.236. The third-order valence-corrected chi connectivity index (χ3v) is 4.14. The fraction of sp³-hybridized carbons (Fsp3) is 0.190. The van der Waals surface area contributed by atoms with E-state index in [9.17, 15) is 4.39 Å². The second-order valence-corrected chi connectivity index (χ2v) is 5.96. The predicted molar refractivity (Wildman–Crippen MR) is 104 cm³/mol. The monoisotopic (exact) mass is 351 g/mol. The van der Waals surface area contributed by atoms with Crippen LogP contribution in [0, 0.1) is 5.82 Å². The van der Waals surface area contributed by atoms with Crippen LogP contribution in [0.4, 0.5) is 4.39 Å². The van der Waals surface area contributed by atoms with Crippen LogP contribution in [0.25, 0.3) is 10.8 Å². The number of ether oxygens (including phenoxy) is 1. The molecular weight excluding hydrogens is 329 g/mol. The fourth-order valence-electron chi connectivity index (χ4n) is 2.75. The lowest BCUT2D eigenvalue weighted by atomic mass is 10.1. The summed E-state index contributed by atoms with van der Waals surface area (Å²) in [5.74, 6) is 1.29. The standard InChI is InChI=1S/C21H22FN3O/c1-23-21(24-13-15-4-3-5-19(22)11-15)25-14-16-6-7-18-12-20(26-2)9-8-17(18)10-16/h3-12H,13-14H2,1-2H3,(H2,23,24,25). The first-order chi connectivity index (χ1) is 12.7. The highest BCUT2D eigenvalue weighted by atomic mass is 19.1. The van der Waals surface area contributed by atoms with Gasteiger partial charge in [0.05, 0.1) is 7.11 Å². The highest BCUT2D eigenvalue weighted by Crippen LogP contribution is 2.21. The Kier molecular flexibility index (Phi) is 5.69. The van der Waals surface area contributed by atoms with E-state index >= 15 is 0 Å². The number of fused-ring (bicyclic) bond motifs is 1. The SMILES string of the molecule is CN=C(NCc1cccc(F)c1)NCc1ccc2cc(OC)ccc2c1. The predicted octanol–water partition coefficient (Wildman–Crippen LogP) is 3.85. The van der Waals surface area contributed by atoms with Crippen molar-refractivity contribution in [2.45, 2.75) is 13.1 Å². The van der Waals surface area contributed by atoms with Gasteiger partial charge in [0.15, 0.2) is 5.96 Å². The molecule has 0 atom stereocenters. The van der Waals surface area contributed by atoms with Gasteiger partial charge in [-0.3, -0.25) is 4.99 Å². The molecule has 4 nitrogen and oxygen atoms in total. The summed E-state index contributed by atoms with van der Waals surface area (Å²) in [6.07, 6.45) is 0. The van der Waals surface area contributed by atoms with Crippen molar-refractivity contribution in [3.63, 3.8) is 0 Å². The molecule has 0 radical (unpaired) electrons. The van der Waals surface area contributed by atoms with E-state index in [0.717, 1.165) is 27.6 Å². The summed E-state index contributed by atoms with van der Waals surface area (Å²) in [5.41, 5.74) is 2.02. The van der Waals surface area contributed by atoms with E-state index in [0.29, 0.717) is 19.0 Å². The van der Waals surface area contributed by atoms with Gasteiger partial charge in [-0.05, 0) is 52.2 Å². The Morgan fingerprint density at radius 1 is 0.923 bits per heavy atom. The van der Waals surface area contributed by atoms with Crippen LogP contribution in [-0.2, 0) is 13.1 Å². The van der Waals surface area contributed by atoms with Crippen molar-refractivity contribution >= 4 is 16.7 Å². The smallest absolute Gasteiger partial charge is 0.191 e. The summed E-state index contributed by atoms with van der Waals surface area (Å²) in [7, 11) is 3.38. The number of methoxy groups -OCH3 is 1. The van der Waals surface area contributed by atoms with Gasteiger partial charge in [0.1, 0.15) is 11.6 Å². The highest BCUT2D eigenvalue weighted by Gasteiger charge is 2.02. The highest BCUT2D eigenvalue weighted by molar-refractivity contribution is 5.85. The molecule has 3 aromatic rings. The molecule has 0 spiro atoms. The van der Waals surface area contributed by atoms with Gasteiger partial charge in [-0.2, -0.15) is 0 Å². The normalized spacial score (nSPS) is 11.4. The van der Waals surface area contributed by atoms with Gasteiger partial charge in [-0.25, -0.2) is 4.39 Å². The Morgan fingerprint density at radius 2 is 1.62 bits per heavy atom. The molecule has 0 unspecified atom stereocenters. The van der Waals surface area contributed by atoms with Crippen molar-refractivity contribution in [3.8, 4) is 5.75 Å². The molecule has 2 N–H and O–H groups in total. The number of aliphatic imine (C=N–C) groups is 1. The number of guanidine groups is 1. The molecule has 0 fully saturated rings. The zero-order chi connectivity index (χ0) is 18.4. The number of hydrogen-bond acceptors (Lipinski definition) is 2. The minimum Gasteiger partial charge on any atom is -0.497 e. The van der Waals surface area contributed by atoms with Gasteiger partial charge in [0.2, 0.25) is 0 Å². The quantitative estimate of drug-likeness (QED) is 0.542. The van der Waals surface area contributed by atoms with Crippen LogP contribution in [0.3, 0.4) is 0 Å².